The molecule has 46 heavy (non-hydrogen) atoms. The zero-order valence-electron chi connectivity index (χ0n) is 27.6. The first-order valence-electron chi connectivity index (χ1n) is 16.1. The highest BCUT2D eigenvalue weighted by atomic mass is 32.1. The van der Waals surface area contributed by atoms with Crippen LogP contribution < -0.4 is 15.4 Å². The standard InChI is InChI=1S/C36H46N4O5S/c1-21-15-29(16-21)45-28-13-7-24(8-14-28)17-31(42)39-33(36(4,5)6)35(44)40-19-27(41)18-30(40)34(43)38-22(2)25-9-11-26(12-10-25)32-23(3)37-20-46-32/h7-14,20-22,27,29-30,33,41H,15-19H2,1-6H3,(H,38,43)(H,39,42)/t21-,22-,27+,29-,30-,33+/m0/s1. The second-order valence-corrected chi connectivity index (χ2v) is 14.9. The number of ether oxygens (including phenoxy) is 1. The number of aryl methyl sites for hydroxylation is 1. The Morgan fingerprint density at radius 1 is 1.04 bits per heavy atom. The molecular weight excluding hydrogens is 600 g/mol. The van der Waals surface area contributed by atoms with E-state index in [0.717, 1.165) is 45.9 Å². The van der Waals surface area contributed by atoms with Crippen LogP contribution in [0.25, 0.3) is 10.4 Å². The third-order valence-electron chi connectivity index (χ3n) is 8.98. The average molecular weight is 647 g/mol. The van der Waals surface area contributed by atoms with E-state index < -0.39 is 23.6 Å². The molecule has 1 aromatic heterocycles. The van der Waals surface area contributed by atoms with Gasteiger partial charge in [0.1, 0.15) is 17.8 Å². The zero-order valence-corrected chi connectivity index (χ0v) is 28.4. The van der Waals surface area contributed by atoms with E-state index in [0.29, 0.717) is 5.92 Å². The van der Waals surface area contributed by atoms with E-state index in [-0.39, 0.29) is 49.3 Å². The van der Waals surface area contributed by atoms with Crippen molar-refractivity contribution >= 4 is 29.1 Å². The lowest BCUT2D eigenvalue weighted by atomic mass is 9.84. The number of amides is 3. The van der Waals surface area contributed by atoms with Crippen LogP contribution in [0.1, 0.15) is 76.7 Å². The lowest BCUT2D eigenvalue weighted by Crippen LogP contribution is -2.58. The molecule has 5 rings (SSSR count). The summed E-state index contributed by atoms with van der Waals surface area (Å²) in [4.78, 5) is 47.6. The summed E-state index contributed by atoms with van der Waals surface area (Å²) in [5.41, 5.74) is 4.97. The third kappa shape index (κ3) is 7.96. The van der Waals surface area contributed by atoms with E-state index in [9.17, 15) is 19.5 Å². The van der Waals surface area contributed by atoms with Crippen LogP contribution in [-0.2, 0) is 20.8 Å². The van der Waals surface area contributed by atoms with Gasteiger partial charge in [-0.15, -0.1) is 11.3 Å². The molecule has 0 radical (unpaired) electrons. The molecule has 9 nitrogen and oxygen atoms in total. The monoisotopic (exact) mass is 646 g/mol. The Hall–Kier alpha value is -3.76. The number of β-amino-alcohol motifs (C(OH)–C–C–N with tert-alkyl or cyclic N) is 1. The smallest absolute Gasteiger partial charge is 0.246 e. The van der Waals surface area contributed by atoms with Crippen molar-refractivity contribution in [2.24, 2.45) is 11.3 Å². The van der Waals surface area contributed by atoms with Crippen LogP contribution in [0.2, 0.25) is 0 Å². The zero-order chi connectivity index (χ0) is 33.2. The predicted octanol–water partition coefficient (Wildman–Crippen LogP) is 5.21. The molecule has 246 valence electrons. The summed E-state index contributed by atoms with van der Waals surface area (Å²) in [5.74, 6) is 0.482. The molecule has 2 aromatic carbocycles. The van der Waals surface area contributed by atoms with Crippen molar-refractivity contribution in [3.63, 3.8) is 0 Å². The molecule has 10 heteroatoms. The summed E-state index contributed by atoms with van der Waals surface area (Å²) in [6.07, 6.45) is 1.77. The van der Waals surface area contributed by atoms with E-state index in [1.165, 1.54) is 4.90 Å². The van der Waals surface area contributed by atoms with Gasteiger partial charge in [0.15, 0.2) is 0 Å². The maximum absolute atomic E-state index is 14.0. The highest BCUT2D eigenvalue weighted by Gasteiger charge is 2.44. The number of hydrogen-bond acceptors (Lipinski definition) is 7. The van der Waals surface area contributed by atoms with Crippen LogP contribution in [0.5, 0.6) is 5.75 Å². The molecule has 1 aliphatic carbocycles. The fourth-order valence-corrected chi connectivity index (χ4v) is 7.03. The molecule has 2 fully saturated rings. The molecule has 1 aliphatic heterocycles. The minimum Gasteiger partial charge on any atom is -0.490 e. The molecule has 4 atom stereocenters. The molecular formula is C36H46N4O5S. The maximum atomic E-state index is 14.0. The van der Waals surface area contributed by atoms with Gasteiger partial charge in [0, 0.05) is 13.0 Å². The lowest BCUT2D eigenvalue weighted by Gasteiger charge is -2.35. The Labute approximate surface area is 275 Å². The van der Waals surface area contributed by atoms with E-state index in [4.69, 9.17) is 4.74 Å². The number of hydrogen-bond donors (Lipinski definition) is 3. The Morgan fingerprint density at radius 3 is 2.30 bits per heavy atom. The second kappa shape index (κ2) is 13.9. The van der Waals surface area contributed by atoms with Crippen molar-refractivity contribution in [2.45, 2.75) is 97.6 Å². The van der Waals surface area contributed by atoms with Gasteiger partial charge < -0.3 is 25.4 Å². The number of nitrogens with zero attached hydrogens (tertiary/aromatic N) is 2. The highest BCUT2D eigenvalue weighted by molar-refractivity contribution is 7.13. The molecule has 0 spiro atoms. The first-order valence-corrected chi connectivity index (χ1v) is 17.0. The van der Waals surface area contributed by atoms with Gasteiger partial charge in [-0.3, -0.25) is 14.4 Å². The largest absolute Gasteiger partial charge is 0.490 e. The topological polar surface area (TPSA) is 121 Å². The molecule has 3 N–H and O–H groups in total. The summed E-state index contributed by atoms with van der Waals surface area (Å²) < 4.78 is 5.98. The Balaban J connectivity index is 1.21. The van der Waals surface area contributed by atoms with Gasteiger partial charge in [0.05, 0.1) is 40.8 Å². The number of rotatable bonds is 10. The van der Waals surface area contributed by atoms with Crippen LogP contribution in [0, 0.1) is 18.3 Å². The summed E-state index contributed by atoms with van der Waals surface area (Å²) in [7, 11) is 0. The minimum absolute atomic E-state index is 0.0257. The Kier molecular flexibility index (Phi) is 10.2. The number of likely N-dealkylation sites (tertiary alicyclic amines) is 1. The number of aliphatic hydroxyl groups excluding tert-OH is 1. The van der Waals surface area contributed by atoms with Crippen LogP contribution >= 0.6 is 11.3 Å². The van der Waals surface area contributed by atoms with E-state index >= 15 is 0 Å². The number of benzene rings is 2. The van der Waals surface area contributed by atoms with Crippen molar-refractivity contribution < 1.29 is 24.2 Å². The number of aromatic nitrogens is 1. The van der Waals surface area contributed by atoms with Crippen LogP contribution in [-0.4, -0.2) is 63.5 Å². The third-order valence-corrected chi connectivity index (χ3v) is 9.96. The van der Waals surface area contributed by atoms with Gasteiger partial charge in [-0.05, 0) is 66.8 Å². The molecule has 1 saturated heterocycles. The highest BCUT2D eigenvalue weighted by Crippen LogP contribution is 2.32. The fraction of sp³-hybridized carbons (Fsp3) is 0.500. The van der Waals surface area contributed by atoms with Gasteiger partial charge in [-0.1, -0.05) is 64.1 Å². The summed E-state index contributed by atoms with van der Waals surface area (Å²) in [6.45, 7) is 11.8. The maximum Gasteiger partial charge on any atom is 0.246 e. The molecule has 3 amide bonds. The number of thiazole rings is 1. The minimum atomic E-state index is -0.885. The Bertz CT molecular complexity index is 1520. The quantitative estimate of drug-likeness (QED) is 0.278. The van der Waals surface area contributed by atoms with Gasteiger partial charge in [-0.2, -0.15) is 0 Å². The first-order chi connectivity index (χ1) is 21.8. The first kappa shape index (κ1) is 33.6. The van der Waals surface area contributed by atoms with E-state index in [1.54, 1.807) is 11.3 Å². The van der Waals surface area contributed by atoms with E-state index in [1.807, 2.05) is 88.7 Å². The van der Waals surface area contributed by atoms with Crippen molar-refractivity contribution in [2.75, 3.05) is 6.54 Å². The van der Waals surface area contributed by atoms with Gasteiger partial charge in [0.2, 0.25) is 17.7 Å². The van der Waals surface area contributed by atoms with Gasteiger partial charge >= 0.3 is 0 Å². The van der Waals surface area contributed by atoms with Crippen molar-refractivity contribution in [3.05, 3.63) is 70.9 Å². The molecule has 3 aromatic rings. The van der Waals surface area contributed by atoms with Crippen molar-refractivity contribution in [3.8, 4) is 16.2 Å². The van der Waals surface area contributed by atoms with Crippen LogP contribution in [0.3, 0.4) is 0 Å². The number of carbonyl (C=O) groups is 3. The molecule has 1 saturated carbocycles. The van der Waals surface area contributed by atoms with Gasteiger partial charge in [0.25, 0.3) is 0 Å². The predicted molar refractivity (Wildman–Crippen MR) is 179 cm³/mol. The molecule has 0 bridgehead atoms. The average Bonchev–Trinajstić information content (AvgIpc) is 3.60. The van der Waals surface area contributed by atoms with Crippen LogP contribution in [0.15, 0.2) is 54.0 Å². The molecule has 2 heterocycles. The summed E-state index contributed by atoms with van der Waals surface area (Å²) in [5, 5.41) is 16.5. The SMILES string of the molecule is Cc1ncsc1-c1ccc([C@H](C)NC(=O)[C@@H]2C[C@@H](O)CN2C(=O)[C@@H](NC(=O)Cc2ccc(O[C@H]3C[C@H](C)C3)cc2)C(C)(C)C)cc1. The Morgan fingerprint density at radius 2 is 1.72 bits per heavy atom. The van der Waals surface area contributed by atoms with Gasteiger partial charge in [-0.25, -0.2) is 4.98 Å². The van der Waals surface area contributed by atoms with Crippen molar-refractivity contribution in [1.82, 2.24) is 20.5 Å². The van der Waals surface area contributed by atoms with Crippen molar-refractivity contribution in [1.29, 1.82) is 0 Å². The molecule has 0 unspecified atom stereocenters. The number of nitrogens with one attached hydrogen (secondary N) is 2. The summed E-state index contributed by atoms with van der Waals surface area (Å²) >= 11 is 1.59. The normalized spacial score (nSPS) is 22.5. The second-order valence-electron chi connectivity index (χ2n) is 14.0. The fourth-order valence-electron chi connectivity index (χ4n) is 6.22. The van der Waals surface area contributed by atoms with E-state index in [2.05, 4.69) is 22.5 Å². The molecule has 2 aliphatic rings. The number of carbonyl (C=O) groups excluding carboxylic acids is 3. The lowest BCUT2D eigenvalue weighted by molar-refractivity contribution is -0.144. The van der Waals surface area contributed by atoms with Crippen LogP contribution in [0.4, 0.5) is 0 Å². The summed E-state index contributed by atoms with van der Waals surface area (Å²) in [6, 6.07) is 13.4. The number of aliphatic hydroxyl groups is 1.